The van der Waals surface area contributed by atoms with E-state index in [-0.39, 0.29) is 18.9 Å². The Morgan fingerprint density at radius 2 is 2.03 bits per heavy atom. The molecule has 2 heterocycles. The zero-order valence-electron chi connectivity index (χ0n) is 23.2. The van der Waals surface area contributed by atoms with Crippen molar-refractivity contribution in [2.45, 2.75) is 76.3 Å². The number of sulfonamides is 1. The van der Waals surface area contributed by atoms with E-state index >= 15 is 4.39 Å². The first-order chi connectivity index (χ1) is 17.6. The lowest BCUT2D eigenvalue weighted by atomic mass is 10.1. The number of hydrogen-bond acceptors (Lipinski definition) is 8. The highest BCUT2D eigenvalue weighted by atomic mass is 32.2. The molecule has 0 aliphatic carbocycles. The number of benzene rings is 1. The highest BCUT2D eigenvalue weighted by Crippen LogP contribution is 2.30. The van der Waals surface area contributed by atoms with Crippen molar-refractivity contribution in [2.24, 2.45) is 0 Å². The minimum atomic E-state index is -4.26. The first kappa shape index (κ1) is 30.3. The van der Waals surface area contributed by atoms with Crippen molar-refractivity contribution in [2.75, 3.05) is 36.0 Å². The molecule has 3 rings (SSSR count). The van der Waals surface area contributed by atoms with Gasteiger partial charge in [0.05, 0.1) is 11.9 Å². The lowest BCUT2D eigenvalue weighted by Crippen LogP contribution is -2.36. The summed E-state index contributed by atoms with van der Waals surface area (Å²) in [4.78, 5) is 13.6. The zero-order chi connectivity index (χ0) is 28.3. The molecule has 0 spiro atoms. The van der Waals surface area contributed by atoms with Gasteiger partial charge < -0.3 is 19.7 Å². The molecule has 1 saturated heterocycles. The van der Waals surface area contributed by atoms with E-state index in [0.29, 0.717) is 43.1 Å². The van der Waals surface area contributed by atoms with Gasteiger partial charge in [-0.25, -0.2) is 21.9 Å². The van der Waals surface area contributed by atoms with Crippen LogP contribution in [0.3, 0.4) is 0 Å². The largest absolute Gasteiger partial charge is 0.444 e. The fourth-order valence-electron chi connectivity index (χ4n) is 3.85. The van der Waals surface area contributed by atoms with E-state index < -0.39 is 34.4 Å². The highest BCUT2D eigenvalue weighted by Gasteiger charge is 2.32. The second-order valence-corrected chi connectivity index (χ2v) is 19.8. The number of amides is 1. The predicted molar refractivity (Wildman–Crippen MR) is 152 cm³/mol. The molecule has 1 aliphatic rings. The Morgan fingerprint density at radius 3 is 2.63 bits per heavy atom. The molecule has 0 bridgehead atoms. The van der Waals surface area contributed by atoms with Gasteiger partial charge in [0.2, 0.25) is 0 Å². The number of nitrogens with zero attached hydrogens (tertiary/aromatic N) is 3. The summed E-state index contributed by atoms with van der Waals surface area (Å²) in [6.07, 6.45) is 1.70. The SMILES string of the molecule is Cc1cc(S(=O)(=O)N(COCC[Si](C)(C)C)c2cnsc2)c(F)cc1N[C@H]1CCN(C(=O)OC(C)(C)C)C1. The summed E-state index contributed by atoms with van der Waals surface area (Å²) >= 11 is 1.11. The van der Waals surface area contributed by atoms with Gasteiger partial charge in [-0.2, -0.15) is 4.37 Å². The topological polar surface area (TPSA) is 101 Å². The molecule has 1 fully saturated rings. The van der Waals surface area contributed by atoms with Crippen molar-refractivity contribution >= 4 is 47.1 Å². The molecule has 0 radical (unpaired) electrons. The van der Waals surface area contributed by atoms with Crippen LogP contribution in [-0.2, 0) is 19.5 Å². The van der Waals surface area contributed by atoms with Gasteiger partial charge in [-0.1, -0.05) is 19.6 Å². The van der Waals surface area contributed by atoms with Crippen molar-refractivity contribution in [1.29, 1.82) is 0 Å². The summed E-state index contributed by atoms with van der Waals surface area (Å²) in [6, 6.07) is 3.30. The number of likely N-dealkylation sites (tertiary alicyclic amines) is 1. The molecule has 9 nitrogen and oxygen atoms in total. The molecule has 1 amide bonds. The summed E-state index contributed by atoms with van der Waals surface area (Å²) in [5.41, 5.74) is 0.794. The molecule has 0 unspecified atom stereocenters. The number of halogens is 1. The number of anilines is 2. The average molecular weight is 587 g/mol. The van der Waals surface area contributed by atoms with Gasteiger partial charge in [0, 0.05) is 44.9 Å². The minimum Gasteiger partial charge on any atom is -0.444 e. The highest BCUT2D eigenvalue weighted by molar-refractivity contribution is 7.92. The second-order valence-electron chi connectivity index (χ2n) is 11.7. The standard InChI is InChI=1S/C25H39FN4O5S2Si/c1-18-12-23(37(32,33)30(20-14-27-36-16-20)17-34-10-11-38(5,6)7)21(26)13-22(18)28-19-8-9-29(15-19)24(31)35-25(2,3)4/h12-14,16,19,28H,8-11,15,17H2,1-7H3/t19-/m0/s1. The quantitative estimate of drug-likeness (QED) is 0.222. The molecule has 0 saturated carbocycles. The van der Waals surface area contributed by atoms with E-state index in [2.05, 4.69) is 29.3 Å². The van der Waals surface area contributed by atoms with Crippen molar-refractivity contribution in [3.8, 4) is 0 Å². The fraction of sp³-hybridized carbons (Fsp3) is 0.600. The van der Waals surface area contributed by atoms with Gasteiger partial charge in [-0.3, -0.25) is 0 Å². The van der Waals surface area contributed by atoms with E-state index in [4.69, 9.17) is 9.47 Å². The average Bonchev–Trinajstić information content (AvgIpc) is 3.46. The number of hydrogen-bond donors (Lipinski definition) is 1. The van der Waals surface area contributed by atoms with Crippen LogP contribution < -0.4 is 9.62 Å². The smallest absolute Gasteiger partial charge is 0.410 e. The van der Waals surface area contributed by atoms with Gasteiger partial charge in [0.25, 0.3) is 10.0 Å². The monoisotopic (exact) mass is 586 g/mol. The molecule has 2 aromatic rings. The normalized spacial score (nSPS) is 16.5. The Hall–Kier alpha value is -2.22. The van der Waals surface area contributed by atoms with E-state index in [1.807, 2.05) is 20.8 Å². The Morgan fingerprint density at radius 1 is 1.32 bits per heavy atom. The molecule has 1 atom stereocenters. The summed E-state index contributed by atoms with van der Waals surface area (Å²) < 4.78 is 58.8. The number of aromatic nitrogens is 1. The third kappa shape index (κ3) is 8.14. The van der Waals surface area contributed by atoms with Crippen molar-refractivity contribution in [3.63, 3.8) is 0 Å². The van der Waals surface area contributed by atoms with Crippen LogP contribution in [0.2, 0.25) is 25.7 Å². The van der Waals surface area contributed by atoms with Crippen LogP contribution in [0.1, 0.15) is 32.8 Å². The van der Waals surface area contributed by atoms with Crippen LogP contribution in [0.5, 0.6) is 0 Å². The number of aryl methyl sites for hydroxylation is 1. The fourth-order valence-corrected chi connectivity index (χ4v) is 6.66. The Labute approximate surface area is 230 Å². The number of carbonyl (C=O) groups is 1. The third-order valence-corrected chi connectivity index (χ3v) is 10.0. The number of nitrogens with one attached hydrogen (secondary N) is 1. The van der Waals surface area contributed by atoms with Crippen LogP contribution in [0, 0.1) is 12.7 Å². The number of ether oxygens (including phenoxy) is 2. The predicted octanol–water partition coefficient (Wildman–Crippen LogP) is 5.52. The summed E-state index contributed by atoms with van der Waals surface area (Å²) in [7, 11) is -5.62. The first-order valence-electron chi connectivity index (χ1n) is 12.6. The maximum atomic E-state index is 15.4. The maximum Gasteiger partial charge on any atom is 0.410 e. The minimum absolute atomic E-state index is 0.115. The Kier molecular flexibility index (Phi) is 9.48. The lowest BCUT2D eigenvalue weighted by molar-refractivity contribution is 0.0293. The van der Waals surface area contributed by atoms with Crippen molar-refractivity contribution in [3.05, 3.63) is 35.1 Å². The van der Waals surface area contributed by atoms with Crippen molar-refractivity contribution in [1.82, 2.24) is 9.27 Å². The van der Waals surface area contributed by atoms with Crippen LogP contribution in [0.25, 0.3) is 0 Å². The van der Waals surface area contributed by atoms with Crippen LogP contribution in [-0.4, -0.2) is 69.9 Å². The van der Waals surface area contributed by atoms with Gasteiger partial charge in [-0.15, -0.1) is 0 Å². The van der Waals surface area contributed by atoms with Crippen LogP contribution >= 0.6 is 11.5 Å². The molecule has 1 aromatic carbocycles. The van der Waals surface area contributed by atoms with Crippen LogP contribution in [0.4, 0.5) is 20.6 Å². The van der Waals surface area contributed by atoms with Gasteiger partial charge >= 0.3 is 6.09 Å². The van der Waals surface area contributed by atoms with E-state index in [0.717, 1.165) is 21.9 Å². The molecule has 212 valence electrons. The second kappa shape index (κ2) is 11.9. The molecule has 1 N–H and O–H groups in total. The Balaban J connectivity index is 1.75. The maximum absolute atomic E-state index is 15.4. The van der Waals surface area contributed by atoms with Gasteiger partial charge in [-0.05, 0) is 69.4 Å². The van der Waals surface area contributed by atoms with E-state index in [9.17, 15) is 13.2 Å². The molecule has 13 heteroatoms. The van der Waals surface area contributed by atoms with E-state index in [1.165, 1.54) is 18.3 Å². The van der Waals surface area contributed by atoms with Gasteiger partial charge in [0.1, 0.15) is 23.0 Å². The zero-order valence-corrected chi connectivity index (χ0v) is 25.8. The molecule has 38 heavy (non-hydrogen) atoms. The molecular weight excluding hydrogens is 548 g/mol. The van der Waals surface area contributed by atoms with Crippen LogP contribution in [0.15, 0.2) is 28.6 Å². The van der Waals surface area contributed by atoms with Gasteiger partial charge in [0.15, 0.2) is 0 Å². The molecule has 1 aromatic heterocycles. The summed E-state index contributed by atoms with van der Waals surface area (Å²) in [6.45, 7) is 14.9. The number of carbonyl (C=O) groups excluding carboxylic acids is 1. The summed E-state index contributed by atoms with van der Waals surface area (Å²) in [5.74, 6) is -0.865. The Bertz CT molecular complexity index is 1210. The lowest BCUT2D eigenvalue weighted by Gasteiger charge is -2.25. The summed E-state index contributed by atoms with van der Waals surface area (Å²) in [5, 5.41) is 4.86. The van der Waals surface area contributed by atoms with E-state index in [1.54, 1.807) is 17.2 Å². The number of rotatable bonds is 10. The third-order valence-electron chi connectivity index (χ3n) is 5.96. The molecular formula is C25H39FN4O5S2Si. The molecule has 1 aliphatic heterocycles. The first-order valence-corrected chi connectivity index (χ1v) is 18.6. The van der Waals surface area contributed by atoms with Crippen molar-refractivity contribution < 1.29 is 27.1 Å².